The van der Waals surface area contributed by atoms with Crippen molar-refractivity contribution in [1.82, 2.24) is 4.90 Å². The predicted molar refractivity (Wildman–Crippen MR) is 78.1 cm³/mol. The van der Waals surface area contributed by atoms with Crippen molar-refractivity contribution in [3.63, 3.8) is 0 Å². The van der Waals surface area contributed by atoms with Gasteiger partial charge in [-0.15, -0.1) is 11.8 Å². The van der Waals surface area contributed by atoms with Gasteiger partial charge in [0.2, 0.25) is 5.91 Å². The Morgan fingerprint density at radius 2 is 2.20 bits per heavy atom. The summed E-state index contributed by atoms with van der Waals surface area (Å²) in [5, 5.41) is 9.53. The third-order valence-electron chi connectivity index (χ3n) is 3.66. The fraction of sp³-hybridized carbons (Fsp3) is 0.533. The highest BCUT2D eigenvalue weighted by atomic mass is 32.2. The quantitative estimate of drug-likeness (QED) is 0.849. The fourth-order valence-corrected chi connectivity index (χ4v) is 3.19. The molecule has 1 heterocycles. The van der Waals surface area contributed by atoms with E-state index in [1.54, 1.807) is 30.8 Å². The number of likely N-dealkylation sites (tertiary alicyclic amines) is 1. The van der Waals surface area contributed by atoms with Crippen molar-refractivity contribution < 1.29 is 14.3 Å². The highest BCUT2D eigenvalue weighted by Gasteiger charge is 2.28. The number of halogens is 1. The largest absolute Gasteiger partial charge is 0.393 e. The van der Waals surface area contributed by atoms with Crippen molar-refractivity contribution in [2.45, 2.75) is 30.8 Å². The maximum atomic E-state index is 12.8. The SMILES string of the molecule is CC(O)C1CCN(C(=O)CCSc2ccc(F)cc2)C1. The molecular formula is C15H20FNO2S. The summed E-state index contributed by atoms with van der Waals surface area (Å²) in [6.45, 7) is 3.19. The third-order valence-corrected chi connectivity index (χ3v) is 4.67. The molecule has 0 saturated carbocycles. The minimum atomic E-state index is -0.346. The number of carbonyl (C=O) groups excluding carboxylic acids is 1. The minimum absolute atomic E-state index is 0.141. The number of carbonyl (C=O) groups is 1. The second-order valence-corrected chi connectivity index (χ2v) is 6.35. The Morgan fingerprint density at radius 3 is 2.80 bits per heavy atom. The molecule has 110 valence electrons. The van der Waals surface area contributed by atoms with Crippen LogP contribution in [0.5, 0.6) is 0 Å². The van der Waals surface area contributed by atoms with Gasteiger partial charge in [0.05, 0.1) is 6.10 Å². The Bertz CT molecular complexity index is 450. The van der Waals surface area contributed by atoms with Crippen LogP contribution in [0.2, 0.25) is 0 Å². The smallest absolute Gasteiger partial charge is 0.223 e. The summed E-state index contributed by atoms with van der Waals surface area (Å²) in [6.07, 6.45) is 1.02. The molecule has 2 rings (SSSR count). The van der Waals surface area contributed by atoms with E-state index in [0.29, 0.717) is 18.7 Å². The molecule has 0 radical (unpaired) electrons. The zero-order valence-corrected chi connectivity index (χ0v) is 12.4. The normalized spacial score (nSPS) is 20.1. The van der Waals surface area contributed by atoms with E-state index >= 15 is 0 Å². The maximum absolute atomic E-state index is 12.8. The molecule has 0 bridgehead atoms. The zero-order valence-electron chi connectivity index (χ0n) is 11.6. The number of amides is 1. The van der Waals surface area contributed by atoms with Crippen LogP contribution in [0.3, 0.4) is 0 Å². The van der Waals surface area contributed by atoms with Crippen LogP contribution in [0, 0.1) is 11.7 Å². The lowest BCUT2D eigenvalue weighted by molar-refractivity contribution is -0.129. The first kappa shape index (κ1) is 15.3. The lowest BCUT2D eigenvalue weighted by atomic mass is 10.0. The lowest BCUT2D eigenvalue weighted by Gasteiger charge is -2.17. The summed E-state index contributed by atoms with van der Waals surface area (Å²) in [7, 11) is 0. The van der Waals surface area contributed by atoms with Gasteiger partial charge in [-0.2, -0.15) is 0 Å². The van der Waals surface area contributed by atoms with E-state index in [4.69, 9.17) is 0 Å². The van der Waals surface area contributed by atoms with Crippen LogP contribution in [0.1, 0.15) is 19.8 Å². The Kier molecular flexibility index (Phi) is 5.43. The molecular weight excluding hydrogens is 277 g/mol. The van der Waals surface area contributed by atoms with Crippen molar-refractivity contribution in [2.75, 3.05) is 18.8 Å². The first-order valence-electron chi connectivity index (χ1n) is 6.90. The van der Waals surface area contributed by atoms with E-state index in [1.807, 2.05) is 4.90 Å². The standard InChI is InChI=1S/C15H20FNO2S/c1-11(18)12-6-8-17(10-12)15(19)7-9-20-14-4-2-13(16)3-5-14/h2-5,11-12,18H,6-10H2,1H3. The first-order valence-corrected chi connectivity index (χ1v) is 7.89. The van der Waals surface area contributed by atoms with Crippen LogP contribution in [0.15, 0.2) is 29.2 Å². The number of benzene rings is 1. The number of rotatable bonds is 5. The van der Waals surface area contributed by atoms with Gasteiger partial charge in [0.1, 0.15) is 5.82 Å². The molecule has 1 saturated heterocycles. The first-order chi connectivity index (χ1) is 9.56. The number of hydrogen-bond donors (Lipinski definition) is 1. The van der Waals surface area contributed by atoms with E-state index < -0.39 is 0 Å². The minimum Gasteiger partial charge on any atom is -0.393 e. The molecule has 2 atom stereocenters. The highest BCUT2D eigenvalue weighted by Crippen LogP contribution is 2.22. The number of aliphatic hydroxyl groups is 1. The van der Waals surface area contributed by atoms with Gasteiger partial charge < -0.3 is 10.0 Å². The second-order valence-electron chi connectivity index (χ2n) is 5.18. The van der Waals surface area contributed by atoms with Gasteiger partial charge in [-0.05, 0) is 37.6 Å². The number of thioether (sulfide) groups is 1. The lowest BCUT2D eigenvalue weighted by Crippen LogP contribution is -2.30. The van der Waals surface area contributed by atoms with Crippen LogP contribution in [-0.2, 0) is 4.79 Å². The summed E-state index contributed by atoms with van der Waals surface area (Å²) in [4.78, 5) is 14.8. The van der Waals surface area contributed by atoms with Gasteiger partial charge in [0, 0.05) is 36.1 Å². The maximum Gasteiger partial charge on any atom is 0.223 e. The van der Waals surface area contributed by atoms with E-state index in [-0.39, 0.29) is 23.7 Å². The zero-order chi connectivity index (χ0) is 14.5. The van der Waals surface area contributed by atoms with Crippen LogP contribution < -0.4 is 0 Å². The summed E-state index contributed by atoms with van der Waals surface area (Å²) >= 11 is 1.56. The van der Waals surface area contributed by atoms with Gasteiger partial charge in [0.15, 0.2) is 0 Å². The average Bonchev–Trinajstić information content (AvgIpc) is 2.91. The molecule has 2 unspecified atom stereocenters. The monoisotopic (exact) mass is 297 g/mol. The van der Waals surface area contributed by atoms with Crippen molar-refractivity contribution >= 4 is 17.7 Å². The Hall–Kier alpha value is -1.07. The van der Waals surface area contributed by atoms with E-state index in [2.05, 4.69) is 0 Å². The topological polar surface area (TPSA) is 40.5 Å². The molecule has 3 nitrogen and oxygen atoms in total. The molecule has 1 aromatic carbocycles. The molecule has 5 heteroatoms. The van der Waals surface area contributed by atoms with Crippen LogP contribution >= 0.6 is 11.8 Å². The fourth-order valence-electron chi connectivity index (χ4n) is 2.35. The van der Waals surface area contributed by atoms with E-state index in [0.717, 1.165) is 17.9 Å². The van der Waals surface area contributed by atoms with Crippen molar-refractivity contribution in [3.05, 3.63) is 30.1 Å². The molecule has 1 aliphatic heterocycles. The van der Waals surface area contributed by atoms with Crippen molar-refractivity contribution in [3.8, 4) is 0 Å². The predicted octanol–water partition coefficient (Wildman–Crippen LogP) is 2.54. The summed E-state index contributed by atoms with van der Waals surface area (Å²) in [5.74, 6) is 0.804. The van der Waals surface area contributed by atoms with Crippen LogP contribution in [0.25, 0.3) is 0 Å². The molecule has 0 aliphatic carbocycles. The molecule has 0 spiro atoms. The Balaban J connectivity index is 1.72. The molecule has 0 aromatic heterocycles. The number of hydrogen-bond acceptors (Lipinski definition) is 3. The molecule has 20 heavy (non-hydrogen) atoms. The molecule has 1 amide bonds. The average molecular weight is 297 g/mol. The molecule has 1 N–H and O–H groups in total. The molecule has 1 aromatic rings. The van der Waals surface area contributed by atoms with Crippen molar-refractivity contribution in [1.29, 1.82) is 0 Å². The summed E-state index contributed by atoms with van der Waals surface area (Å²) < 4.78 is 12.8. The third kappa shape index (κ3) is 4.21. The molecule has 1 fully saturated rings. The summed E-state index contributed by atoms with van der Waals surface area (Å²) in [6, 6.07) is 6.31. The number of nitrogens with zero attached hydrogens (tertiary/aromatic N) is 1. The van der Waals surface area contributed by atoms with E-state index in [9.17, 15) is 14.3 Å². The highest BCUT2D eigenvalue weighted by molar-refractivity contribution is 7.99. The van der Waals surface area contributed by atoms with Gasteiger partial charge in [-0.1, -0.05) is 0 Å². The van der Waals surface area contributed by atoms with Gasteiger partial charge in [-0.3, -0.25) is 4.79 Å². The van der Waals surface area contributed by atoms with E-state index in [1.165, 1.54) is 12.1 Å². The Morgan fingerprint density at radius 1 is 1.50 bits per heavy atom. The van der Waals surface area contributed by atoms with Gasteiger partial charge in [-0.25, -0.2) is 4.39 Å². The van der Waals surface area contributed by atoms with Crippen LogP contribution in [0.4, 0.5) is 4.39 Å². The molecule has 1 aliphatic rings. The van der Waals surface area contributed by atoms with Crippen molar-refractivity contribution in [2.24, 2.45) is 5.92 Å². The van der Waals surface area contributed by atoms with Gasteiger partial charge >= 0.3 is 0 Å². The van der Waals surface area contributed by atoms with Gasteiger partial charge in [0.25, 0.3) is 0 Å². The Labute approximate surface area is 123 Å². The van der Waals surface area contributed by atoms with Crippen LogP contribution in [-0.4, -0.2) is 40.9 Å². The second kappa shape index (κ2) is 7.09. The summed E-state index contributed by atoms with van der Waals surface area (Å²) in [5.41, 5.74) is 0. The number of aliphatic hydroxyl groups excluding tert-OH is 1.